The molecule has 1 fully saturated rings. The van der Waals surface area contributed by atoms with E-state index in [0.717, 1.165) is 4.57 Å². The van der Waals surface area contributed by atoms with Gasteiger partial charge in [-0.25, -0.2) is 9.36 Å². The average Bonchev–Trinajstić information content (AvgIpc) is 2.96. The molecule has 0 aromatic carbocycles. The SMILES string of the molecule is CC(C)[Si]1(C(C)C)OC[C@H]2OC(n3ccc(N)nc3=O)=C(O)[C@H]2O[Si](C(C)C)(C(C)C)O1. The first-order valence-corrected chi connectivity index (χ1v) is 15.3. The Morgan fingerprint density at radius 1 is 1.06 bits per heavy atom. The van der Waals surface area contributed by atoms with Gasteiger partial charge in [0.25, 0.3) is 0 Å². The van der Waals surface area contributed by atoms with Crippen molar-refractivity contribution in [1.82, 2.24) is 9.55 Å². The maximum absolute atomic E-state index is 12.4. The number of aliphatic hydroxyl groups excluding tert-OH is 1. The molecule has 1 aromatic rings. The van der Waals surface area contributed by atoms with Gasteiger partial charge in [-0.3, -0.25) is 0 Å². The summed E-state index contributed by atoms with van der Waals surface area (Å²) in [4.78, 5) is 16.1. The van der Waals surface area contributed by atoms with E-state index in [1.54, 1.807) is 0 Å². The van der Waals surface area contributed by atoms with Crippen molar-refractivity contribution in [1.29, 1.82) is 0 Å². The van der Waals surface area contributed by atoms with Crippen molar-refractivity contribution in [3.63, 3.8) is 0 Å². The molecule has 2 atom stereocenters. The summed E-state index contributed by atoms with van der Waals surface area (Å²) in [6, 6.07) is 1.47. The molecule has 3 heterocycles. The van der Waals surface area contributed by atoms with Gasteiger partial charge in [0.15, 0.2) is 11.9 Å². The Labute approximate surface area is 192 Å². The van der Waals surface area contributed by atoms with Crippen LogP contribution in [0.5, 0.6) is 0 Å². The van der Waals surface area contributed by atoms with Gasteiger partial charge in [-0.2, -0.15) is 4.98 Å². The molecule has 0 radical (unpaired) electrons. The lowest BCUT2D eigenvalue weighted by Gasteiger charge is -2.51. The van der Waals surface area contributed by atoms with E-state index in [-0.39, 0.29) is 46.2 Å². The van der Waals surface area contributed by atoms with E-state index in [4.69, 9.17) is 23.4 Å². The molecule has 9 nitrogen and oxygen atoms in total. The van der Waals surface area contributed by atoms with Gasteiger partial charge in [0.05, 0.1) is 6.61 Å². The van der Waals surface area contributed by atoms with Gasteiger partial charge >= 0.3 is 22.8 Å². The zero-order valence-corrected chi connectivity index (χ0v) is 22.3. The second-order valence-electron chi connectivity index (χ2n) is 9.86. The normalized spacial score (nSPS) is 25.2. The molecular formula is C21H37N3O6Si2. The number of hydrogen-bond acceptors (Lipinski definition) is 8. The highest BCUT2D eigenvalue weighted by Crippen LogP contribution is 2.48. The number of aliphatic hydroxyl groups is 1. The molecule has 2 aliphatic heterocycles. The first-order chi connectivity index (χ1) is 14.9. The number of aromatic nitrogens is 2. The molecule has 0 spiro atoms. The molecule has 1 saturated heterocycles. The molecule has 0 amide bonds. The summed E-state index contributed by atoms with van der Waals surface area (Å²) >= 11 is 0. The van der Waals surface area contributed by atoms with Crippen LogP contribution in [-0.2, 0) is 17.7 Å². The maximum atomic E-state index is 12.4. The summed E-state index contributed by atoms with van der Waals surface area (Å²) in [5, 5.41) is 11.1. The quantitative estimate of drug-likeness (QED) is 0.606. The van der Waals surface area contributed by atoms with Crippen LogP contribution in [0.25, 0.3) is 5.88 Å². The second-order valence-corrected chi connectivity index (χ2v) is 18.7. The van der Waals surface area contributed by atoms with Crippen molar-refractivity contribution < 1.29 is 22.8 Å². The van der Waals surface area contributed by atoms with Gasteiger partial charge in [-0.05, 0) is 28.2 Å². The third-order valence-corrected chi connectivity index (χ3v) is 16.7. The molecule has 11 heteroatoms. The predicted molar refractivity (Wildman–Crippen MR) is 127 cm³/mol. The van der Waals surface area contributed by atoms with Crippen LogP contribution < -0.4 is 11.4 Å². The summed E-state index contributed by atoms with van der Waals surface area (Å²) in [6.07, 6.45) is 0.0353. The van der Waals surface area contributed by atoms with Crippen molar-refractivity contribution >= 4 is 28.8 Å². The van der Waals surface area contributed by atoms with Crippen molar-refractivity contribution in [2.75, 3.05) is 12.3 Å². The van der Waals surface area contributed by atoms with E-state index in [2.05, 4.69) is 60.4 Å². The maximum Gasteiger partial charge on any atom is 0.356 e. The summed E-state index contributed by atoms with van der Waals surface area (Å²) in [5.74, 6) is -0.0592. The number of anilines is 1. The number of hydrogen-bond donors (Lipinski definition) is 2. The topological polar surface area (TPSA) is 118 Å². The Balaban J connectivity index is 2.12. The number of nitrogens with zero attached hydrogens (tertiary/aromatic N) is 2. The van der Waals surface area contributed by atoms with E-state index < -0.39 is 35.0 Å². The zero-order chi connectivity index (χ0) is 24.0. The molecule has 2 aliphatic rings. The van der Waals surface area contributed by atoms with Gasteiger partial charge in [-0.15, -0.1) is 0 Å². The lowest BCUT2D eigenvalue weighted by Crippen LogP contribution is -2.65. The third kappa shape index (κ3) is 4.05. The molecule has 3 N–H and O–H groups in total. The van der Waals surface area contributed by atoms with Gasteiger partial charge in [0.1, 0.15) is 11.9 Å². The highest BCUT2D eigenvalue weighted by Gasteiger charge is 2.60. The first-order valence-electron chi connectivity index (χ1n) is 11.3. The van der Waals surface area contributed by atoms with Crippen molar-refractivity contribution in [2.24, 2.45) is 0 Å². The van der Waals surface area contributed by atoms with Gasteiger partial charge in [0, 0.05) is 6.20 Å². The number of ether oxygens (including phenoxy) is 1. The molecule has 3 rings (SSSR count). The number of fused-ring (bicyclic) bond motifs is 1. The summed E-state index contributed by atoms with van der Waals surface area (Å²) in [7, 11) is -5.65. The monoisotopic (exact) mass is 483 g/mol. The van der Waals surface area contributed by atoms with Gasteiger partial charge in [-0.1, -0.05) is 55.4 Å². The fraction of sp³-hybridized carbons (Fsp3) is 0.714. The fourth-order valence-corrected chi connectivity index (χ4v) is 15.8. The molecule has 0 aliphatic carbocycles. The van der Waals surface area contributed by atoms with E-state index in [9.17, 15) is 9.90 Å². The van der Waals surface area contributed by atoms with Crippen LogP contribution in [0.3, 0.4) is 0 Å². The number of rotatable bonds is 5. The number of nitrogen functional groups attached to an aromatic ring is 1. The smallest absolute Gasteiger partial charge is 0.356 e. The second kappa shape index (κ2) is 8.94. The third-order valence-electron chi connectivity index (χ3n) is 6.46. The lowest BCUT2D eigenvalue weighted by molar-refractivity contribution is -0.0140. The van der Waals surface area contributed by atoms with Crippen LogP contribution in [0.15, 0.2) is 22.8 Å². The molecular weight excluding hydrogens is 446 g/mol. The zero-order valence-electron chi connectivity index (χ0n) is 20.3. The number of nitrogens with two attached hydrogens (primary N) is 1. The van der Waals surface area contributed by atoms with E-state index in [0.29, 0.717) is 0 Å². The van der Waals surface area contributed by atoms with Crippen LogP contribution in [0.1, 0.15) is 55.4 Å². The Morgan fingerprint density at radius 2 is 1.62 bits per heavy atom. The molecule has 0 unspecified atom stereocenters. The summed E-state index contributed by atoms with van der Waals surface area (Å²) in [5.41, 5.74) is 5.57. The average molecular weight is 484 g/mol. The highest BCUT2D eigenvalue weighted by atomic mass is 28.5. The van der Waals surface area contributed by atoms with E-state index >= 15 is 0 Å². The largest absolute Gasteiger partial charge is 0.505 e. The van der Waals surface area contributed by atoms with Crippen molar-refractivity contribution in [3.05, 3.63) is 28.5 Å². The standard InChI is InChI=1S/C21H37N3O6Si2/c1-12(2)31(13(3)4)27-11-16-19(29-32(30-31,14(5)6)15(7)8)18(25)20(28-16)24-10-9-17(22)23-21(24)26/h9-10,12-16,19,25H,11H2,1-8H3,(H2,22,23,26)/t16-,19+/m1/s1. The minimum Gasteiger partial charge on any atom is -0.505 e. The fourth-order valence-electron chi connectivity index (χ4n) is 4.69. The van der Waals surface area contributed by atoms with Crippen LogP contribution >= 0.6 is 0 Å². The Morgan fingerprint density at radius 3 is 2.12 bits per heavy atom. The van der Waals surface area contributed by atoms with E-state index in [1.165, 1.54) is 12.3 Å². The van der Waals surface area contributed by atoms with Gasteiger partial charge < -0.3 is 28.5 Å². The van der Waals surface area contributed by atoms with Gasteiger partial charge in [0.2, 0.25) is 5.88 Å². The summed E-state index contributed by atoms with van der Waals surface area (Å²) < 4.78 is 27.7. The molecule has 32 heavy (non-hydrogen) atoms. The predicted octanol–water partition coefficient (Wildman–Crippen LogP) is 3.86. The van der Waals surface area contributed by atoms with Crippen LogP contribution in [0.4, 0.5) is 5.82 Å². The van der Waals surface area contributed by atoms with Crippen LogP contribution in [0, 0.1) is 0 Å². The highest BCUT2D eigenvalue weighted by molar-refractivity contribution is 6.84. The lowest BCUT2D eigenvalue weighted by atomic mass is 10.2. The van der Waals surface area contributed by atoms with E-state index in [1.807, 2.05) is 0 Å². The van der Waals surface area contributed by atoms with Crippen LogP contribution in [0.2, 0.25) is 22.2 Å². The van der Waals surface area contributed by atoms with Crippen molar-refractivity contribution in [2.45, 2.75) is 89.8 Å². The Kier molecular flexibility index (Phi) is 6.97. The van der Waals surface area contributed by atoms with Crippen molar-refractivity contribution in [3.8, 4) is 0 Å². The Bertz CT molecular complexity index is 914. The molecule has 180 valence electrons. The first kappa shape index (κ1) is 25.0. The molecule has 0 saturated carbocycles. The molecule has 0 bridgehead atoms. The van der Waals surface area contributed by atoms with Crippen LogP contribution in [-0.4, -0.2) is 50.6 Å². The Hall–Kier alpha value is -1.67. The minimum absolute atomic E-state index is 0.000210. The summed E-state index contributed by atoms with van der Waals surface area (Å²) in [6.45, 7) is 17.2. The minimum atomic E-state index is -2.92. The molecule has 1 aromatic heterocycles.